The minimum atomic E-state index is -4.13. The third-order valence-corrected chi connectivity index (χ3v) is 13.6. The summed E-state index contributed by atoms with van der Waals surface area (Å²) in [6, 6.07) is 10.7. The highest BCUT2D eigenvalue weighted by atomic mass is 35.5. The average molecular weight is 1090 g/mol. The van der Waals surface area contributed by atoms with Gasteiger partial charge in [0.25, 0.3) is 0 Å². The van der Waals surface area contributed by atoms with E-state index in [1.807, 2.05) is 37.2 Å². The molecule has 0 saturated carbocycles. The molecule has 2 aromatic carbocycles. The summed E-state index contributed by atoms with van der Waals surface area (Å²) in [5, 5.41) is 13.2. The normalized spacial score (nSPS) is 14.9. The van der Waals surface area contributed by atoms with Gasteiger partial charge in [-0.15, -0.1) is 20.8 Å². The first-order valence-electron chi connectivity index (χ1n) is 23.4. The molecule has 0 spiro atoms. The number of nitrogens with zero attached hydrogens (tertiary/aromatic N) is 9. The van der Waals surface area contributed by atoms with Crippen molar-refractivity contribution in [1.29, 1.82) is 0 Å². The highest BCUT2D eigenvalue weighted by Gasteiger charge is 2.29. The van der Waals surface area contributed by atoms with E-state index in [2.05, 4.69) is 38.9 Å². The summed E-state index contributed by atoms with van der Waals surface area (Å²) in [4.78, 5) is 35.7. The van der Waals surface area contributed by atoms with Crippen LogP contribution in [0.1, 0.15) is 67.2 Å². The molecule has 3 aromatic heterocycles. The highest BCUT2D eigenvalue weighted by Crippen LogP contribution is 2.37. The van der Waals surface area contributed by atoms with Gasteiger partial charge in [0, 0.05) is 98.7 Å². The molecule has 26 heteroatoms. The molecule has 0 amide bonds. The van der Waals surface area contributed by atoms with Gasteiger partial charge in [0.2, 0.25) is 10.0 Å². The number of anilines is 3. The van der Waals surface area contributed by atoms with Crippen LogP contribution in [0.5, 0.6) is 23.0 Å². The van der Waals surface area contributed by atoms with Crippen molar-refractivity contribution in [3.8, 4) is 23.0 Å². The Morgan fingerprint density at radius 3 is 1.55 bits per heavy atom. The van der Waals surface area contributed by atoms with Crippen molar-refractivity contribution in [3.63, 3.8) is 0 Å². The monoisotopic (exact) mass is 1090 g/mol. The van der Waals surface area contributed by atoms with E-state index in [-0.39, 0.29) is 18.4 Å². The number of fused-ring (bicyclic) bond motifs is 2. The zero-order chi connectivity index (χ0) is 53.9. The number of carbonyl (C=O) groups excluding carboxylic acids is 1. The fourth-order valence-corrected chi connectivity index (χ4v) is 9.61. The molecule has 2 aliphatic heterocycles. The van der Waals surface area contributed by atoms with Gasteiger partial charge in [0.1, 0.15) is 29.9 Å². The molecular formula is C48H70ClN11O12S2. The largest absolute Gasteiger partial charge is 0.594 e. The summed E-state index contributed by atoms with van der Waals surface area (Å²) >= 11 is 0. The third-order valence-electron chi connectivity index (χ3n) is 11.1. The first kappa shape index (κ1) is 60.3. The number of aromatic nitrogens is 5. The number of benzene rings is 2. The number of pyridine rings is 1. The lowest BCUT2D eigenvalue weighted by molar-refractivity contribution is -0.511. The first-order valence-corrected chi connectivity index (χ1v) is 26.4. The molecule has 0 aliphatic carbocycles. The SMILES string of the molecule is CN(C)c1cc[n+](S(=O)(=O)N=C([O-])OC(C)(C)C)cc1.COc1cc2ncnc(N3CCC(N)CC3)c2cc1OC.COc1cc2ncnc(N3CCC(NS(=O)(=O)CC(=O)OC(C)(C)C)CC3)c2cc1OC.Cl. The van der Waals surface area contributed by atoms with Crippen molar-refractivity contribution in [2.24, 2.45) is 10.1 Å². The summed E-state index contributed by atoms with van der Waals surface area (Å²) in [6.45, 7) is 13.0. The molecule has 5 heterocycles. The van der Waals surface area contributed by atoms with Crippen LogP contribution in [-0.2, 0) is 34.5 Å². The van der Waals surface area contributed by atoms with Gasteiger partial charge < -0.3 is 54.0 Å². The van der Waals surface area contributed by atoms with Crippen LogP contribution in [0.15, 0.2) is 65.8 Å². The zero-order valence-corrected chi connectivity index (χ0v) is 46.5. The molecule has 5 aromatic rings. The maximum Gasteiger partial charge on any atom is 0.493 e. The number of nitrogens with two attached hydrogens (primary N) is 1. The van der Waals surface area contributed by atoms with Gasteiger partial charge in [-0.05, 0) is 58.6 Å². The van der Waals surface area contributed by atoms with E-state index < -0.39 is 49.2 Å². The fourth-order valence-electron chi connectivity index (χ4n) is 7.66. The zero-order valence-electron chi connectivity index (χ0n) is 44.0. The van der Waals surface area contributed by atoms with Gasteiger partial charge in [-0.1, -0.05) is 29.1 Å². The molecule has 408 valence electrons. The maximum absolute atomic E-state index is 12.4. The standard InChI is InChI=1S/C21H30N4O6S.C15H20N4O2.C12H19N3O4S.ClH/c1-21(2,3)31-19(26)12-32(27,28)24-14-6-8-25(9-7-14)20-15-10-17(29-4)18(30-5)11-16(15)22-13-23-20;1-20-13-7-11-12(8-14(13)21-2)17-9-18-15(11)19-5-3-10(16)4-6-19;1-12(2,3)19-11(16)13-20(17,18)15-8-6-10(7-9-15)14(4)5;/h10-11,13-14,24H,6-9,12H2,1-5H3;7-10H,3-6,16H2,1-2H3;6-9H,1-5H3;1H. The number of halogens is 1. The number of rotatable bonds is 13. The predicted octanol–water partition coefficient (Wildman–Crippen LogP) is 3.54. The van der Waals surface area contributed by atoms with Crippen LogP contribution in [-0.4, -0.2) is 147 Å². The molecular weight excluding hydrogens is 1020 g/mol. The molecule has 2 aliphatic rings. The molecule has 3 N–H and O–H groups in total. The molecule has 7 rings (SSSR count). The van der Waals surface area contributed by atoms with Crippen molar-refractivity contribution in [3.05, 3.63) is 61.4 Å². The van der Waals surface area contributed by atoms with Crippen LogP contribution >= 0.6 is 12.4 Å². The molecule has 23 nitrogen and oxygen atoms in total. The minimum Gasteiger partial charge on any atom is -0.594 e. The van der Waals surface area contributed by atoms with Crippen LogP contribution in [0.2, 0.25) is 0 Å². The fraction of sp³-hybridized carbons (Fsp3) is 0.521. The van der Waals surface area contributed by atoms with E-state index in [4.69, 9.17) is 34.2 Å². The lowest BCUT2D eigenvalue weighted by Crippen LogP contribution is -2.46. The van der Waals surface area contributed by atoms with Crippen molar-refractivity contribution < 1.29 is 59.1 Å². The van der Waals surface area contributed by atoms with E-state index in [1.165, 1.54) is 18.7 Å². The molecule has 0 bridgehead atoms. The van der Waals surface area contributed by atoms with Crippen molar-refractivity contribution in [1.82, 2.24) is 24.7 Å². The number of sulfonamides is 1. The number of esters is 1. The molecule has 0 unspecified atom stereocenters. The van der Waals surface area contributed by atoms with E-state index in [9.17, 15) is 26.7 Å². The average Bonchev–Trinajstić information content (AvgIpc) is 3.31. The number of ether oxygens (including phenoxy) is 6. The predicted molar refractivity (Wildman–Crippen MR) is 284 cm³/mol. The Morgan fingerprint density at radius 1 is 0.730 bits per heavy atom. The van der Waals surface area contributed by atoms with Crippen LogP contribution in [0, 0.1) is 0 Å². The van der Waals surface area contributed by atoms with E-state index in [0.717, 1.165) is 69.0 Å². The van der Waals surface area contributed by atoms with Gasteiger partial charge in [-0.2, -0.15) is 0 Å². The second-order valence-corrected chi connectivity index (χ2v) is 22.5. The van der Waals surface area contributed by atoms with Gasteiger partial charge >= 0.3 is 16.2 Å². The number of hydrogen-bond donors (Lipinski definition) is 2. The first-order chi connectivity index (χ1) is 34.2. The van der Waals surface area contributed by atoms with Crippen LogP contribution in [0.25, 0.3) is 21.8 Å². The number of nitrogens with one attached hydrogen (secondary N) is 1. The number of hydrogen-bond acceptors (Lipinski definition) is 20. The van der Waals surface area contributed by atoms with E-state index in [1.54, 1.807) is 94.5 Å². The molecule has 74 heavy (non-hydrogen) atoms. The summed E-state index contributed by atoms with van der Waals surface area (Å²) in [5.74, 6) is 2.77. The molecule has 2 fully saturated rings. The lowest BCUT2D eigenvalue weighted by atomic mass is 10.1. The van der Waals surface area contributed by atoms with Crippen LogP contribution in [0.4, 0.5) is 17.3 Å². The Morgan fingerprint density at radius 2 is 1.15 bits per heavy atom. The Labute approximate surface area is 440 Å². The summed E-state index contributed by atoms with van der Waals surface area (Å²) < 4.78 is 86.6. The lowest BCUT2D eigenvalue weighted by Gasteiger charge is -2.33. The van der Waals surface area contributed by atoms with Crippen molar-refractivity contribution >= 4 is 83.8 Å². The Balaban J connectivity index is 0.000000249. The van der Waals surface area contributed by atoms with Gasteiger partial charge in [-0.25, -0.2) is 33.1 Å². The third kappa shape index (κ3) is 17.1. The Hall–Kier alpha value is -6.28. The smallest absolute Gasteiger partial charge is 0.493 e. The van der Waals surface area contributed by atoms with Gasteiger partial charge in [0.15, 0.2) is 47.2 Å². The van der Waals surface area contributed by atoms with Gasteiger partial charge in [-0.3, -0.25) is 4.79 Å². The second kappa shape index (κ2) is 25.8. The second-order valence-electron chi connectivity index (χ2n) is 19.2. The highest BCUT2D eigenvalue weighted by molar-refractivity contribution is 7.90. The van der Waals surface area contributed by atoms with Crippen LogP contribution in [0.3, 0.4) is 0 Å². The van der Waals surface area contributed by atoms with Gasteiger partial charge in [0.05, 0.1) is 39.5 Å². The van der Waals surface area contributed by atoms with E-state index in [0.29, 0.717) is 55.0 Å². The molecule has 2 saturated heterocycles. The summed E-state index contributed by atoms with van der Waals surface area (Å²) in [6.07, 6.45) is 7.71. The number of piperidine rings is 2. The molecule has 0 radical (unpaired) electrons. The topological polar surface area (TPSA) is 279 Å². The van der Waals surface area contributed by atoms with Crippen molar-refractivity contribution in [2.75, 3.05) is 89.2 Å². The maximum atomic E-state index is 12.4. The number of methoxy groups -OCH3 is 4. The van der Waals surface area contributed by atoms with E-state index >= 15 is 0 Å². The Bertz CT molecular complexity index is 2920. The molecule has 0 atom stereocenters. The van der Waals surface area contributed by atoms with Crippen LogP contribution < -0.4 is 53.2 Å². The Kier molecular flexibility index (Phi) is 21.0. The number of carbonyl (C=O) groups is 1. The summed E-state index contributed by atoms with van der Waals surface area (Å²) in [7, 11) is 2.15. The quantitative estimate of drug-likeness (QED) is 0.0738. The van der Waals surface area contributed by atoms with Crippen molar-refractivity contribution in [2.45, 2.75) is 90.5 Å². The summed E-state index contributed by atoms with van der Waals surface area (Å²) in [5.41, 5.74) is 6.86. The minimum absolute atomic E-state index is 0.